The van der Waals surface area contributed by atoms with Crippen molar-refractivity contribution in [2.24, 2.45) is 62.6 Å². The lowest BCUT2D eigenvalue weighted by Gasteiger charge is -2.72. The Morgan fingerprint density at radius 1 is 0.956 bits per heavy atom. The Bertz CT molecular complexity index is 1360. The molecule has 45 heavy (non-hydrogen) atoms. The van der Waals surface area contributed by atoms with E-state index in [1.807, 2.05) is 6.07 Å². The number of likely N-dealkylation sites (N-methyl/N-ethyl adjacent to an activating group) is 1. The van der Waals surface area contributed by atoms with Crippen LogP contribution in [0.5, 0.6) is 0 Å². The Hall–Kier alpha value is -1.66. The van der Waals surface area contributed by atoms with Crippen molar-refractivity contribution in [2.75, 3.05) is 27.2 Å². The average Bonchev–Trinajstić information content (AvgIpc) is 3.59. The summed E-state index contributed by atoms with van der Waals surface area (Å²) in [5.74, 6) is 3.07. The van der Waals surface area contributed by atoms with Crippen molar-refractivity contribution in [2.45, 2.75) is 106 Å². The number of hydrogen-bond acceptors (Lipinski definition) is 4. The van der Waals surface area contributed by atoms with E-state index in [1.165, 1.54) is 55.4 Å². The number of amides is 1. The molecule has 5 aliphatic rings. The molecule has 4 saturated carbocycles. The molecule has 0 saturated heterocycles. The van der Waals surface area contributed by atoms with Crippen molar-refractivity contribution in [3.8, 4) is 0 Å². The van der Waals surface area contributed by atoms with Gasteiger partial charge in [0.15, 0.2) is 0 Å². The van der Waals surface area contributed by atoms with Gasteiger partial charge in [0.1, 0.15) is 4.88 Å². The second kappa shape index (κ2) is 11.2. The summed E-state index contributed by atoms with van der Waals surface area (Å²) in [6.07, 6.45) is 13.1. The fraction of sp³-hybridized carbons (Fsp3) is 0.795. The van der Waals surface area contributed by atoms with Crippen molar-refractivity contribution in [3.05, 3.63) is 28.0 Å². The monoisotopic (exact) mass is 636 g/mol. The quantitative estimate of drug-likeness (QED) is 0.314. The zero-order valence-corrected chi connectivity index (χ0v) is 30.4. The number of aromatic carboxylic acids is 1. The molecule has 5 aliphatic carbocycles. The van der Waals surface area contributed by atoms with Crippen LogP contribution in [0.15, 0.2) is 18.2 Å². The molecule has 9 atom stereocenters. The molecule has 0 radical (unpaired) electrons. The first-order chi connectivity index (χ1) is 21.0. The van der Waals surface area contributed by atoms with Crippen LogP contribution in [0, 0.1) is 62.6 Å². The number of carbonyl (C=O) groups is 2. The van der Waals surface area contributed by atoms with Gasteiger partial charge in [0.2, 0.25) is 5.91 Å². The van der Waals surface area contributed by atoms with E-state index < -0.39 is 5.97 Å². The summed E-state index contributed by atoms with van der Waals surface area (Å²) in [5.41, 5.74) is 1.85. The Balaban J connectivity index is 1.33. The molecule has 1 amide bonds. The number of allylic oxidation sites excluding steroid dienone is 2. The summed E-state index contributed by atoms with van der Waals surface area (Å²) >= 11 is 1.44. The molecule has 0 aromatic carbocycles. The highest BCUT2D eigenvalue weighted by Crippen LogP contribution is 2.77. The normalized spacial score (nSPS) is 41.9. The fourth-order valence-corrected chi connectivity index (χ4v) is 14.0. The number of nitrogens with one attached hydrogen (secondary N) is 1. The van der Waals surface area contributed by atoms with E-state index in [4.69, 9.17) is 0 Å². The summed E-state index contributed by atoms with van der Waals surface area (Å²) in [6, 6.07) is 3.83. The van der Waals surface area contributed by atoms with Crippen LogP contribution in [0.4, 0.5) is 0 Å². The van der Waals surface area contributed by atoms with Crippen LogP contribution in [0.3, 0.4) is 0 Å². The van der Waals surface area contributed by atoms with E-state index in [1.54, 1.807) is 6.07 Å². The van der Waals surface area contributed by atoms with Crippen LogP contribution >= 0.6 is 11.3 Å². The highest BCUT2D eigenvalue weighted by Gasteiger charge is 2.71. The van der Waals surface area contributed by atoms with Gasteiger partial charge < -0.3 is 15.3 Å². The van der Waals surface area contributed by atoms with E-state index in [0.29, 0.717) is 46.3 Å². The molecule has 2 N–H and O–H groups in total. The Kier molecular flexibility index (Phi) is 8.28. The lowest BCUT2D eigenvalue weighted by molar-refractivity contribution is -0.227. The second-order valence-corrected chi connectivity index (χ2v) is 19.0. The number of thiophene rings is 1. The lowest BCUT2D eigenvalue weighted by atomic mass is 9.32. The maximum absolute atomic E-state index is 14.2. The van der Waals surface area contributed by atoms with Gasteiger partial charge in [-0.3, -0.25) is 4.79 Å². The number of nitrogens with zero attached hydrogens (tertiary/aromatic N) is 1. The number of hydrogen-bond donors (Lipinski definition) is 2. The molecule has 1 heterocycles. The molecule has 0 spiro atoms. The smallest absolute Gasteiger partial charge is 0.345 e. The Morgan fingerprint density at radius 2 is 1.69 bits per heavy atom. The van der Waals surface area contributed by atoms with Crippen molar-refractivity contribution in [1.29, 1.82) is 0 Å². The van der Waals surface area contributed by atoms with Gasteiger partial charge in [-0.2, -0.15) is 0 Å². The molecule has 250 valence electrons. The van der Waals surface area contributed by atoms with Gasteiger partial charge in [-0.15, -0.1) is 11.3 Å². The third-order valence-electron chi connectivity index (χ3n) is 15.3. The molecule has 0 bridgehead atoms. The van der Waals surface area contributed by atoms with Crippen molar-refractivity contribution < 1.29 is 14.7 Å². The van der Waals surface area contributed by atoms with Crippen LogP contribution in [0.2, 0.25) is 0 Å². The number of fused-ring (bicyclic) bond motifs is 7. The second-order valence-electron chi connectivity index (χ2n) is 17.9. The first-order valence-corrected chi connectivity index (χ1v) is 18.8. The zero-order chi connectivity index (χ0) is 32.7. The highest BCUT2D eigenvalue weighted by atomic mass is 32.1. The predicted octanol–water partition coefficient (Wildman–Crippen LogP) is 8.85. The van der Waals surface area contributed by atoms with E-state index in [9.17, 15) is 14.7 Å². The van der Waals surface area contributed by atoms with Crippen LogP contribution < -0.4 is 5.32 Å². The van der Waals surface area contributed by atoms with Gasteiger partial charge in [-0.05, 0) is 147 Å². The SMILES string of the molecule is CC(C)[C@@H]1CC[C@]2(C(=O)NCCN(C)C)CC[C@]3(C)[C@H](CC[C@@H]4[C@@]5(C)CC=C(c6ccc(C(=O)O)s6)C(C)(C)[C@@H]5CC[C@]43C)[C@@H]12. The van der Waals surface area contributed by atoms with Gasteiger partial charge in [-0.25, -0.2) is 4.79 Å². The lowest BCUT2D eigenvalue weighted by Crippen LogP contribution is -2.66. The third kappa shape index (κ3) is 4.76. The van der Waals surface area contributed by atoms with Crippen LogP contribution in [0.25, 0.3) is 5.57 Å². The Labute approximate surface area is 277 Å². The molecule has 1 aromatic heterocycles. The largest absolute Gasteiger partial charge is 0.477 e. The van der Waals surface area contributed by atoms with Gasteiger partial charge in [0, 0.05) is 18.0 Å². The first-order valence-electron chi connectivity index (χ1n) is 18.0. The highest BCUT2D eigenvalue weighted by molar-refractivity contribution is 7.15. The summed E-state index contributed by atoms with van der Waals surface area (Å²) in [4.78, 5) is 29.7. The van der Waals surface area contributed by atoms with Gasteiger partial charge in [-0.1, -0.05) is 54.5 Å². The minimum atomic E-state index is -0.826. The molecular formula is C39H60N2O3S. The maximum Gasteiger partial charge on any atom is 0.345 e. The molecular weight excluding hydrogens is 577 g/mol. The molecule has 6 rings (SSSR count). The summed E-state index contributed by atoms with van der Waals surface area (Å²) < 4.78 is 0. The van der Waals surface area contributed by atoms with Crippen LogP contribution in [0.1, 0.15) is 121 Å². The van der Waals surface area contributed by atoms with Gasteiger partial charge in [0.05, 0.1) is 5.41 Å². The standard InChI is InChI=1S/C39H60N2O3S/c1-24(2)25-14-19-39(34(44)40-22-23-41(8)9)21-20-37(6)27(32(25)39)10-13-31-36(5)17-15-26(28-11-12-29(45-28)33(42)43)35(3,4)30(36)16-18-38(31,37)7/h11-12,15,24-25,27,30-32H,10,13-14,16-23H2,1-9H3,(H,40,44)(H,42,43)/t25-,27+,30-,31+,32+,36-,37+,38+,39-/m0/s1. The fourth-order valence-electron chi connectivity index (χ4n) is 13.0. The minimum Gasteiger partial charge on any atom is -0.477 e. The summed E-state index contributed by atoms with van der Waals surface area (Å²) in [7, 11) is 4.17. The molecule has 0 unspecified atom stereocenters. The maximum atomic E-state index is 14.2. The molecule has 6 heteroatoms. The average molecular weight is 637 g/mol. The Morgan fingerprint density at radius 3 is 2.33 bits per heavy atom. The number of carbonyl (C=O) groups excluding carboxylic acids is 1. The van der Waals surface area contributed by atoms with Crippen molar-refractivity contribution in [1.82, 2.24) is 10.2 Å². The molecule has 1 aromatic rings. The van der Waals surface area contributed by atoms with Gasteiger partial charge in [0.25, 0.3) is 0 Å². The van der Waals surface area contributed by atoms with E-state index in [0.717, 1.165) is 37.2 Å². The summed E-state index contributed by atoms with van der Waals surface area (Å²) in [6.45, 7) is 19.3. The minimum absolute atomic E-state index is 0.00668. The number of carboxylic acid groups (broad SMARTS) is 1. The number of carboxylic acids is 1. The third-order valence-corrected chi connectivity index (χ3v) is 16.4. The first kappa shape index (κ1) is 33.2. The van der Waals surface area contributed by atoms with Crippen molar-refractivity contribution in [3.63, 3.8) is 0 Å². The number of rotatable bonds is 7. The summed E-state index contributed by atoms with van der Waals surface area (Å²) in [5, 5.41) is 13.0. The van der Waals surface area contributed by atoms with Crippen molar-refractivity contribution >= 4 is 28.8 Å². The van der Waals surface area contributed by atoms with Crippen LogP contribution in [-0.2, 0) is 4.79 Å². The molecule has 5 nitrogen and oxygen atoms in total. The topological polar surface area (TPSA) is 69.6 Å². The molecule has 4 fully saturated rings. The molecule has 0 aliphatic heterocycles. The van der Waals surface area contributed by atoms with Crippen LogP contribution in [-0.4, -0.2) is 49.1 Å². The van der Waals surface area contributed by atoms with E-state index >= 15 is 0 Å². The van der Waals surface area contributed by atoms with E-state index in [2.05, 4.69) is 78.9 Å². The zero-order valence-electron chi connectivity index (χ0n) is 29.6. The predicted molar refractivity (Wildman–Crippen MR) is 185 cm³/mol. The van der Waals surface area contributed by atoms with E-state index in [-0.39, 0.29) is 27.1 Å². The van der Waals surface area contributed by atoms with Gasteiger partial charge >= 0.3 is 5.97 Å².